The maximum Gasteiger partial charge on any atom is 0.251 e. The van der Waals surface area contributed by atoms with Gasteiger partial charge in [0.2, 0.25) is 10.0 Å². The summed E-state index contributed by atoms with van der Waals surface area (Å²) in [6, 6.07) is 14.5. The van der Waals surface area contributed by atoms with Crippen LogP contribution in [0.15, 0.2) is 48.5 Å². The number of carbonyl (C=O) groups is 1. The Balaban J connectivity index is 1.75. The van der Waals surface area contributed by atoms with Gasteiger partial charge in [-0.3, -0.25) is 9.52 Å². The molecule has 3 aromatic rings. The molecule has 0 saturated heterocycles. The van der Waals surface area contributed by atoms with Gasteiger partial charge in [-0.25, -0.2) is 8.42 Å². The molecule has 0 unspecified atom stereocenters. The zero-order chi connectivity index (χ0) is 20.1. The lowest BCUT2D eigenvalue weighted by Crippen LogP contribution is -2.23. The van der Waals surface area contributed by atoms with Crippen molar-refractivity contribution in [3.63, 3.8) is 0 Å². The van der Waals surface area contributed by atoms with Gasteiger partial charge in [-0.2, -0.15) is 0 Å². The van der Waals surface area contributed by atoms with E-state index < -0.39 is 10.0 Å². The minimum Gasteiger partial charge on any atom is -0.357 e. The second-order valence-electron chi connectivity index (χ2n) is 6.81. The Hall–Kier alpha value is -2.80. The fourth-order valence-corrected chi connectivity index (χ4v) is 4.30. The van der Waals surface area contributed by atoms with Crippen molar-refractivity contribution in [2.45, 2.75) is 33.2 Å². The molecular formula is C21H25N3O3S. The summed E-state index contributed by atoms with van der Waals surface area (Å²) >= 11 is 0. The summed E-state index contributed by atoms with van der Waals surface area (Å²) in [5.74, 6) is -0.0206. The number of aromatic amines is 1. The van der Waals surface area contributed by atoms with Crippen molar-refractivity contribution < 1.29 is 13.2 Å². The highest BCUT2D eigenvalue weighted by molar-refractivity contribution is 7.92. The summed E-state index contributed by atoms with van der Waals surface area (Å²) in [6.07, 6.45) is 1.46. The molecule has 0 aliphatic heterocycles. The third-order valence-corrected chi connectivity index (χ3v) is 6.04. The number of hydrogen-bond donors (Lipinski definition) is 3. The molecule has 148 valence electrons. The van der Waals surface area contributed by atoms with Gasteiger partial charge < -0.3 is 10.3 Å². The first-order valence-corrected chi connectivity index (χ1v) is 11.0. The number of fused-ring (bicyclic) bond motifs is 1. The van der Waals surface area contributed by atoms with E-state index in [0.29, 0.717) is 24.2 Å². The second kappa shape index (κ2) is 8.48. The molecule has 0 bridgehead atoms. The van der Waals surface area contributed by atoms with Gasteiger partial charge in [-0.1, -0.05) is 31.5 Å². The van der Waals surface area contributed by atoms with E-state index in [1.54, 1.807) is 18.2 Å². The van der Waals surface area contributed by atoms with Crippen LogP contribution in [0.2, 0.25) is 0 Å². The maximum atomic E-state index is 12.2. The fourth-order valence-electron chi connectivity index (χ4n) is 3.05. The molecule has 3 rings (SSSR count). The zero-order valence-electron chi connectivity index (χ0n) is 16.1. The van der Waals surface area contributed by atoms with Crippen molar-refractivity contribution in [3.8, 4) is 0 Å². The highest BCUT2D eigenvalue weighted by atomic mass is 32.2. The maximum absolute atomic E-state index is 12.2. The van der Waals surface area contributed by atoms with Gasteiger partial charge in [0, 0.05) is 27.8 Å². The lowest BCUT2D eigenvalue weighted by atomic mass is 10.1. The normalized spacial score (nSPS) is 11.5. The number of amides is 1. The Labute approximate surface area is 165 Å². The number of hydrogen-bond acceptors (Lipinski definition) is 3. The van der Waals surface area contributed by atoms with E-state index in [4.69, 9.17) is 0 Å². The Morgan fingerprint density at radius 1 is 1.11 bits per heavy atom. The lowest BCUT2D eigenvalue weighted by molar-refractivity contribution is 0.0950. The van der Waals surface area contributed by atoms with Gasteiger partial charge in [0.05, 0.1) is 12.3 Å². The molecule has 2 aromatic carbocycles. The van der Waals surface area contributed by atoms with Crippen LogP contribution in [-0.4, -0.2) is 25.1 Å². The van der Waals surface area contributed by atoms with Crippen LogP contribution in [0.25, 0.3) is 10.9 Å². The van der Waals surface area contributed by atoms with Crippen LogP contribution in [0.5, 0.6) is 0 Å². The van der Waals surface area contributed by atoms with Crippen molar-refractivity contribution in [1.29, 1.82) is 0 Å². The summed E-state index contributed by atoms with van der Waals surface area (Å²) < 4.78 is 26.9. The third kappa shape index (κ3) is 4.72. The van der Waals surface area contributed by atoms with Gasteiger partial charge in [0.15, 0.2) is 0 Å². The van der Waals surface area contributed by atoms with Gasteiger partial charge >= 0.3 is 0 Å². The number of aromatic nitrogens is 1. The van der Waals surface area contributed by atoms with E-state index >= 15 is 0 Å². The predicted molar refractivity (Wildman–Crippen MR) is 113 cm³/mol. The monoisotopic (exact) mass is 399 g/mol. The van der Waals surface area contributed by atoms with Crippen molar-refractivity contribution in [2.75, 3.05) is 10.5 Å². The van der Waals surface area contributed by atoms with Gasteiger partial charge in [-0.05, 0) is 49.2 Å². The molecule has 1 aromatic heterocycles. The number of H-pyrrole nitrogens is 1. The van der Waals surface area contributed by atoms with Crippen molar-refractivity contribution in [3.05, 3.63) is 65.4 Å². The SMILES string of the molecule is CCCCS(=O)(=O)Nc1ccc2[nH]c(CNC(=O)c3ccccc3)c(C)c2c1. The lowest BCUT2D eigenvalue weighted by Gasteiger charge is -2.07. The molecule has 0 fully saturated rings. The molecule has 1 amide bonds. The van der Waals surface area contributed by atoms with Crippen molar-refractivity contribution in [1.82, 2.24) is 10.3 Å². The van der Waals surface area contributed by atoms with E-state index in [1.807, 2.05) is 44.2 Å². The minimum absolute atomic E-state index is 0.115. The largest absolute Gasteiger partial charge is 0.357 e. The molecule has 7 heteroatoms. The molecular weight excluding hydrogens is 374 g/mol. The summed E-state index contributed by atoms with van der Waals surface area (Å²) in [4.78, 5) is 15.5. The molecule has 0 atom stereocenters. The number of aryl methyl sites for hydroxylation is 1. The summed E-state index contributed by atoms with van der Waals surface area (Å²) in [6.45, 7) is 4.28. The molecule has 0 radical (unpaired) electrons. The van der Waals surface area contributed by atoms with Crippen molar-refractivity contribution >= 4 is 32.5 Å². The van der Waals surface area contributed by atoms with Crippen LogP contribution in [0.4, 0.5) is 5.69 Å². The van der Waals surface area contributed by atoms with Crippen LogP contribution in [0.3, 0.4) is 0 Å². The molecule has 28 heavy (non-hydrogen) atoms. The van der Waals surface area contributed by atoms with Gasteiger partial charge in [0.1, 0.15) is 0 Å². The smallest absolute Gasteiger partial charge is 0.251 e. The molecule has 3 N–H and O–H groups in total. The number of nitrogens with one attached hydrogen (secondary N) is 3. The Bertz CT molecular complexity index is 1070. The average Bonchev–Trinajstić information content (AvgIpc) is 3.00. The first kappa shape index (κ1) is 19.9. The molecule has 1 heterocycles. The number of sulfonamides is 1. The molecule has 0 saturated carbocycles. The zero-order valence-corrected chi connectivity index (χ0v) is 16.9. The topological polar surface area (TPSA) is 91.1 Å². The van der Waals surface area contributed by atoms with Crippen LogP contribution < -0.4 is 10.0 Å². The van der Waals surface area contributed by atoms with Crippen molar-refractivity contribution in [2.24, 2.45) is 0 Å². The van der Waals surface area contributed by atoms with Crippen LogP contribution in [-0.2, 0) is 16.6 Å². The third-order valence-electron chi connectivity index (χ3n) is 4.66. The standard InChI is InChI=1S/C21H25N3O3S/c1-3-4-12-28(26,27)24-17-10-11-19-18(13-17)15(2)20(23-19)14-22-21(25)16-8-6-5-7-9-16/h5-11,13,23-24H,3-4,12,14H2,1-2H3,(H,22,25). The van der Waals surface area contributed by atoms with Gasteiger partial charge in [0.25, 0.3) is 5.91 Å². The highest BCUT2D eigenvalue weighted by Gasteiger charge is 2.13. The molecule has 0 spiro atoms. The number of benzene rings is 2. The van der Waals surface area contributed by atoms with E-state index in [9.17, 15) is 13.2 Å². The second-order valence-corrected chi connectivity index (χ2v) is 8.65. The molecule has 0 aliphatic rings. The average molecular weight is 400 g/mol. The molecule has 6 nitrogen and oxygen atoms in total. The first-order chi connectivity index (χ1) is 13.4. The van der Waals surface area contributed by atoms with Gasteiger partial charge in [-0.15, -0.1) is 0 Å². The Kier molecular flexibility index (Phi) is 6.04. The van der Waals surface area contributed by atoms with E-state index in [-0.39, 0.29) is 11.7 Å². The van der Waals surface area contributed by atoms with Crippen LogP contribution >= 0.6 is 0 Å². The molecule has 0 aliphatic carbocycles. The summed E-state index contributed by atoms with van der Waals surface area (Å²) in [5, 5.41) is 3.84. The number of unbranched alkanes of at least 4 members (excludes halogenated alkanes) is 1. The van der Waals surface area contributed by atoms with E-state index in [0.717, 1.165) is 28.6 Å². The highest BCUT2D eigenvalue weighted by Crippen LogP contribution is 2.25. The summed E-state index contributed by atoms with van der Waals surface area (Å²) in [5.41, 5.74) is 3.94. The van der Waals surface area contributed by atoms with E-state index in [1.165, 1.54) is 0 Å². The van der Waals surface area contributed by atoms with Crippen LogP contribution in [0.1, 0.15) is 41.4 Å². The minimum atomic E-state index is -3.34. The quantitative estimate of drug-likeness (QED) is 0.536. The van der Waals surface area contributed by atoms with E-state index in [2.05, 4.69) is 15.0 Å². The Morgan fingerprint density at radius 2 is 1.86 bits per heavy atom. The predicted octanol–water partition coefficient (Wildman–Crippen LogP) is 3.95. The first-order valence-electron chi connectivity index (χ1n) is 9.34. The van der Waals surface area contributed by atoms with Crippen LogP contribution in [0, 0.1) is 6.92 Å². The number of anilines is 1. The number of rotatable bonds is 8. The Morgan fingerprint density at radius 3 is 2.57 bits per heavy atom. The number of carbonyl (C=O) groups excluding carboxylic acids is 1. The summed E-state index contributed by atoms with van der Waals surface area (Å²) in [7, 11) is -3.34. The fraction of sp³-hybridized carbons (Fsp3) is 0.286.